The van der Waals surface area contributed by atoms with Crippen LogP contribution in [-0.2, 0) is 11.3 Å². The maximum atomic E-state index is 13.7. The number of nitrogens with zero attached hydrogens (tertiary/aromatic N) is 6. The van der Waals surface area contributed by atoms with E-state index in [0.717, 1.165) is 29.5 Å². The summed E-state index contributed by atoms with van der Waals surface area (Å²) in [4.78, 5) is 35.6. The molecule has 4 aromatic rings. The van der Waals surface area contributed by atoms with E-state index >= 15 is 0 Å². The second kappa shape index (κ2) is 8.58. The molecule has 1 saturated heterocycles. The Hall–Kier alpha value is -4.12. The summed E-state index contributed by atoms with van der Waals surface area (Å²) in [7, 11) is 1.32. The van der Waals surface area contributed by atoms with E-state index < -0.39 is 6.09 Å². The van der Waals surface area contributed by atoms with Crippen LogP contribution in [0.3, 0.4) is 0 Å². The van der Waals surface area contributed by atoms with Gasteiger partial charge in [-0.05, 0) is 41.9 Å². The minimum Gasteiger partial charge on any atom is -0.423 e. The monoisotopic (exact) mass is 476 g/mol. The molecular formula is C24H26N7O4+. The molecule has 2 amide bonds. The number of ether oxygens (including phenoxy) is 1. The van der Waals surface area contributed by atoms with Crippen LogP contribution in [0.5, 0.6) is 0 Å². The molecule has 180 valence electrons. The van der Waals surface area contributed by atoms with Gasteiger partial charge in [0.15, 0.2) is 17.3 Å². The average Bonchev–Trinajstić information content (AvgIpc) is 3.59. The number of rotatable bonds is 4. The van der Waals surface area contributed by atoms with Crippen molar-refractivity contribution < 1.29 is 23.4 Å². The lowest BCUT2D eigenvalue weighted by Gasteiger charge is -2.31. The first-order chi connectivity index (χ1) is 16.9. The predicted octanol–water partition coefficient (Wildman–Crippen LogP) is 3.66. The van der Waals surface area contributed by atoms with Gasteiger partial charge in [0.05, 0.1) is 30.9 Å². The van der Waals surface area contributed by atoms with E-state index in [0.29, 0.717) is 35.7 Å². The van der Waals surface area contributed by atoms with Crippen LogP contribution in [0.1, 0.15) is 37.0 Å². The van der Waals surface area contributed by atoms with Gasteiger partial charge >= 0.3 is 12.0 Å². The largest absolute Gasteiger partial charge is 0.523 e. The summed E-state index contributed by atoms with van der Waals surface area (Å²) in [5.74, 6) is 0.396. The Bertz CT molecular complexity index is 1440. The number of imidazole rings is 1. The molecule has 5 rings (SSSR count). The van der Waals surface area contributed by atoms with Crippen molar-refractivity contribution in [2.75, 3.05) is 19.4 Å². The molecule has 4 heterocycles. The van der Waals surface area contributed by atoms with E-state index in [9.17, 15) is 9.59 Å². The lowest BCUT2D eigenvalue weighted by atomic mass is 10.0. The molecule has 1 unspecified atom stereocenters. The van der Waals surface area contributed by atoms with Crippen molar-refractivity contribution in [2.45, 2.75) is 39.3 Å². The Kier molecular flexibility index (Phi) is 5.56. The van der Waals surface area contributed by atoms with Crippen molar-refractivity contribution in [1.29, 1.82) is 0 Å². The first-order valence-corrected chi connectivity index (χ1v) is 11.5. The molecule has 1 aliphatic heterocycles. The van der Waals surface area contributed by atoms with Gasteiger partial charge in [-0.15, -0.1) is 0 Å². The predicted molar refractivity (Wildman–Crippen MR) is 127 cm³/mol. The Balaban J connectivity index is 1.65. The highest BCUT2D eigenvalue weighted by molar-refractivity contribution is 5.98. The molecule has 2 N–H and O–H groups in total. The van der Waals surface area contributed by atoms with Crippen LogP contribution < -0.4 is 5.73 Å². The standard InChI is InChI=1S/C24H26N7O4/c1-4-30-20-17(12-26-13-18(20)27-22(30)19-21(25)29-35-28-19)15-8-5-9-16(11-15)23(32)31(24(33)34-3)10-6-7-14(31)2/h5,8-9,11-14H,4,6-7,10H2,1-3H3,(H2,25,29)/q+1/t14-,31?/m1/s1. The van der Waals surface area contributed by atoms with Gasteiger partial charge in [0, 0.05) is 31.1 Å². The highest BCUT2D eigenvalue weighted by Gasteiger charge is 2.54. The summed E-state index contributed by atoms with van der Waals surface area (Å²) in [5, 5.41) is 7.58. The number of hydrogen-bond acceptors (Lipinski definition) is 9. The van der Waals surface area contributed by atoms with Gasteiger partial charge in [-0.2, -0.15) is 9.28 Å². The number of nitrogens with two attached hydrogens (primary N) is 1. The van der Waals surface area contributed by atoms with Crippen LogP contribution in [0.15, 0.2) is 41.3 Å². The fraction of sp³-hybridized carbons (Fsp3) is 0.333. The third-order valence-electron chi connectivity index (χ3n) is 6.86. The number of amides is 2. The zero-order chi connectivity index (χ0) is 24.7. The summed E-state index contributed by atoms with van der Waals surface area (Å²) < 4.78 is 11.5. The van der Waals surface area contributed by atoms with Gasteiger partial charge in [-0.1, -0.05) is 12.1 Å². The van der Waals surface area contributed by atoms with E-state index in [1.54, 1.807) is 24.5 Å². The maximum absolute atomic E-state index is 13.7. The van der Waals surface area contributed by atoms with E-state index in [1.807, 2.05) is 30.5 Å². The van der Waals surface area contributed by atoms with Crippen LogP contribution >= 0.6 is 0 Å². The van der Waals surface area contributed by atoms with Gasteiger partial charge in [0.1, 0.15) is 11.6 Å². The van der Waals surface area contributed by atoms with E-state index in [2.05, 4.69) is 20.3 Å². The minimum atomic E-state index is -0.526. The van der Waals surface area contributed by atoms with E-state index in [4.69, 9.17) is 15.1 Å². The SMILES string of the molecule is CCn1c(-c2nonc2N)nc2cncc(-c3cccc(C(=O)[N+]4(C(=O)OC)CCC[C@H]4C)c3)c21. The van der Waals surface area contributed by atoms with Gasteiger partial charge in [0.2, 0.25) is 0 Å². The van der Waals surface area contributed by atoms with Crippen LogP contribution in [0, 0.1) is 0 Å². The zero-order valence-corrected chi connectivity index (χ0v) is 19.8. The number of pyridine rings is 1. The molecule has 35 heavy (non-hydrogen) atoms. The van der Waals surface area contributed by atoms with Crippen molar-refractivity contribution in [3.05, 3.63) is 42.2 Å². The smallest absolute Gasteiger partial charge is 0.423 e. The number of fused-ring (bicyclic) bond motifs is 1. The normalized spacial score (nSPS) is 19.8. The Morgan fingerprint density at radius 1 is 1.29 bits per heavy atom. The summed E-state index contributed by atoms with van der Waals surface area (Å²) >= 11 is 0. The number of aromatic nitrogens is 5. The van der Waals surface area contributed by atoms with Gasteiger partial charge < -0.3 is 15.0 Å². The molecule has 0 spiro atoms. The number of anilines is 1. The fourth-order valence-electron chi connectivity index (χ4n) is 5.08. The summed E-state index contributed by atoms with van der Waals surface area (Å²) in [6.07, 6.45) is 4.43. The number of carbonyl (C=O) groups excluding carboxylic acids is 2. The molecule has 0 saturated carbocycles. The first-order valence-electron chi connectivity index (χ1n) is 11.5. The number of nitrogen functional groups attached to an aromatic ring is 1. The fourth-order valence-corrected chi connectivity index (χ4v) is 5.08. The summed E-state index contributed by atoms with van der Waals surface area (Å²) in [5.41, 5.74) is 9.73. The van der Waals surface area contributed by atoms with Gasteiger partial charge in [0.25, 0.3) is 0 Å². The van der Waals surface area contributed by atoms with Crippen molar-refractivity contribution >= 4 is 28.9 Å². The van der Waals surface area contributed by atoms with Crippen molar-refractivity contribution in [1.82, 2.24) is 24.8 Å². The van der Waals surface area contributed by atoms with Crippen molar-refractivity contribution in [3.8, 4) is 22.6 Å². The topological polar surface area (TPSA) is 139 Å². The number of quaternary nitrogens is 1. The average molecular weight is 477 g/mol. The Morgan fingerprint density at radius 2 is 2.11 bits per heavy atom. The van der Waals surface area contributed by atoms with E-state index in [1.165, 1.54) is 7.11 Å². The molecule has 0 radical (unpaired) electrons. The zero-order valence-electron chi connectivity index (χ0n) is 19.8. The molecule has 1 fully saturated rings. The highest BCUT2D eigenvalue weighted by Crippen LogP contribution is 2.35. The molecule has 1 aromatic carbocycles. The Labute approximate surface area is 201 Å². The number of imide groups is 1. The lowest BCUT2D eigenvalue weighted by molar-refractivity contribution is -0.786. The maximum Gasteiger partial charge on any atom is 0.523 e. The molecule has 0 bridgehead atoms. The lowest BCUT2D eigenvalue weighted by Crippen LogP contribution is -2.59. The minimum absolute atomic E-state index is 0.147. The van der Waals surface area contributed by atoms with Crippen molar-refractivity contribution in [3.63, 3.8) is 0 Å². The van der Waals surface area contributed by atoms with Crippen LogP contribution in [0.4, 0.5) is 10.6 Å². The quantitative estimate of drug-likeness (QED) is 0.437. The van der Waals surface area contributed by atoms with Crippen LogP contribution in [0.2, 0.25) is 0 Å². The number of carbonyl (C=O) groups is 2. The number of hydrogen-bond donors (Lipinski definition) is 1. The number of methoxy groups -OCH3 is 1. The Morgan fingerprint density at radius 3 is 2.77 bits per heavy atom. The van der Waals surface area contributed by atoms with Gasteiger partial charge in [-0.3, -0.25) is 4.98 Å². The van der Waals surface area contributed by atoms with Crippen molar-refractivity contribution in [2.24, 2.45) is 0 Å². The van der Waals surface area contributed by atoms with E-state index in [-0.39, 0.29) is 22.2 Å². The summed E-state index contributed by atoms with van der Waals surface area (Å²) in [6, 6.07) is 7.09. The van der Waals surface area contributed by atoms with Gasteiger partial charge in [-0.25, -0.2) is 14.4 Å². The molecule has 2 atom stereocenters. The molecule has 3 aromatic heterocycles. The second-order valence-corrected chi connectivity index (χ2v) is 8.67. The van der Waals surface area contributed by atoms with Crippen LogP contribution in [0.25, 0.3) is 33.7 Å². The number of benzene rings is 1. The van der Waals surface area contributed by atoms with Crippen LogP contribution in [-0.4, -0.2) is 61.0 Å². The third kappa shape index (κ3) is 3.38. The molecule has 11 nitrogen and oxygen atoms in total. The summed E-state index contributed by atoms with van der Waals surface area (Å²) in [6.45, 7) is 4.90. The molecule has 1 aliphatic rings. The number of aryl methyl sites for hydroxylation is 1. The number of likely N-dealkylation sites (tertiary alicyclic amines) is 1. The third-order valence-corrected chi connectivity index (χ3v) is 6.86. The molecule has 0 aliphatic carbocycles. The molecule has 11 heteroatoms. The molecular weight excluding hydrogens is 450 g/mol. The highest BCUT2D eigenvalue weighted by atomic mass is 16.6. The first kappa shape index (κ1) is 22.7. The second-order valence-electron chi connectivity index (χ2n) is 8.67.